The molecule has 4 heterocycles. The fourth-order valence-electron chi connectivity index (χ4n) is 6.62. The number of rotatable bonds is 10. The van der Waals surface area contributed by atoms with E-state index in [2.05, 4.69) is 64.5 Å². The number of fused-ring (bicyclic) bond motifs is 3. The van der Waals surface area contributed by atoms with Crippen LogP contribution in [0.3, 0.4) is 0 Å². The molecule has 1 fully saturated rings. The van der Waals surface area contributed by atoms with Gasteiger partial charge in [-0.2, -0.15) is 0 Å². The number of benzene rings is 3. The van der Waals surface area contributed by atoms with Crippen LogP contribution < -0.4 is 21.7 Å². The Morgan fingerprint density at radius 2 is 1.46 bits per heavy atom. The van der Waals surface area contributed by atoms with Gasteiger partial charge in [-0.05, 0) is 54.3 Å². The van der Waals surface area contributed by atoms with Gasteiger partial charge < -0.3 is 24.3 Å². The van der Waals surface area contributed by atoms with Crippen LogP contribution in [0.25, 0.3) is 22.2 Å². The molecule has 0 bridgehead atoms. The second kappa shape index (κ2) is 15.7. The first-order valence-electron chi connectivity index (χ1n) is 17.0. The maximum Gasteiger partial charge on any atom is 0.417 e. The summed E-state index contributed by atoms with van der Waals surface area (Å²) in [4.78, 5) is 52.7. The molecule has 52 heavy (non-hydrogen) atoms. The molecular weight excluding hydrogens is 688 g/mol. The number of Topliss-reactive ketones (excluding diaryl/α,β-unsaturated/α-hetero) is 1. The minimum atomic E-state index is -0.521. The lowest BCUT2D eigenvalue weighted by atomic mass is 10.1. The van der Waals surface area contributed by atoms with Crippen molar-refractivity contribution in [1.29, 1.82) is 0 Å². The summed E-state index contributed by atoms with van der Waals surface area (Å²) in [6.07, 6.45) is 6.68. The number of anilines is 2. The predicted molar refractivity (Wildman–Crippen MR) is 198 cm³/mol. The number of carbonyl (C=O) groups is 1. The van der Waals surface area contributed by atoms with Crippen LogP contribution in [0, 0.1) is 0 Å². The van der Waals surface area contributed by atoms with Gasteiger partial charge in [-0.1, -0.05) is 35.5 Å². The smallest absolute Gasteiger partial charge is 0.411 e. The number of ketones is 1. The first-order chi connectivity index (χ1) is 25.3. The van der Waals surface area contributed by atoms with E-state index in [4.69, 9.17) is 20.4 Å². The Kier molecular flexibility index (Phi) is 10.5. The average molecular weight is 725 g/mol. The van der Waals surface area contributed by atoms with Gasteiger partial charge in [0.25, 0.3) is 0 Å². The molecule has 3 aromatic carbocycles. The summed E-state index contributed by atoms with van der Waals surface area (Å²) in [6, 6.07) is 19.1. The van der Waals surface area contributed by atoms with Gasteiger partial charge in [-0.15, -0.1) is 11.6 Å². The van der Waals surface area contributed by atoms with Crippen molar-refractivity contribution >= 4 is 56.9 Å². The molecule has 8 rings (SSSR count). The molecule has 2 aliphatic rings. The Morgan fingerprint density at radius 1 is 0.865 bits per heavy atom. The highest BCUT2D eigenvalue weighted by atomic mass is 35.5. The van der Waals surface area contributed by atoms with Gasteiger partial charge in [0.05, 0.1) is 34.8 Å². The Labute approximate surface area is 302 Å². The second-order valence-electron chi connectivity index (χ2n) is 12.7. The molecule has 1 saturated heterocycles. The van der Waals surface area contributed by atoms with E-state index in [1.165, 1.54) is 11.1 Å². The maximum atomic E-state index is 11.5. The zero-order valence-corrected chi connectivity index (χ0v) is 28.9. The van der Waals surface area contributed by atoms with Crippen molar-refractivity contribution < 1.29 is 18.8 Å². The monoisotopic (exact) mass is 724 g/mol. The normalized spacial score (nSPS) is 15.1. The predicted octanol–water partition coefficient (Wildman–Crippen LogP) is 4.81. The van der Waals surface area contributed by atoms with Gasteiger partial charge in [-0.3, -0.25) is 19.7 Å². The molecule has 268 valence electrons. The SMILES string of the molecule is O=C(CCCl)c1ccc2[nH]c(=O)oc2c1.O=c1[nH]c2ccc(/C(CCN3CCN(c4cnc(NC5Cc6ccccc6C5)nc4)CC3)=N/O)cc2o1. The summed E-state index contributed by atoms with van der Waals surface area (Å²) in [5.41, 5.74) is 7.70. The second-order valence-corrected chi connectivity index (χ2v) is 13.1. The molecule has 14 nitrogen and oxygen atoms in total. The highest BCUT2D eigenvalue weighted by Crippen LogP contribution is 2.24. The summed E-state index contributed by atoms with van der Waals surface area (Å²) in [6.45, 7) is 4.31. The third-order valence-electron chi connectivity index (χ3n) is 9.36. The van der Waals surface area contributed by atoms with Crippen LogP contribution in [-0.4, -0.2) is 86.2 Å². The third kappa shape index (κ3) is 8.08. The average Bonchev–Trinajstić information content (AvgIpc) is 3.86. The molecule has 0 atom stereocenters. The lowest BCUT2D eigenvalue weighted by Crippen LogP contribution is -2.47. The van der Waals surface area contributed by atoms with E-state index in [0.717, 1.165) is 56.8 Å². The van der Waals surface area contributed by atoms with Gasteiger partial charge >= 0.3 is 11.5 Å². The van der Waals surface area contributed by atoms with E-state index in [1.54, 1.807) is 30.3 Å². The number of oxime groups is 1. The van der Waals surface area contributed by atoms with Crippen molar-refractivity contribution in [2.24, 2.45) is 5.16 Å². The quantitative estimate of drug-likeness (QED) is 0.0499. The summed E-state index contributed by atoms with van der Waals surface area (Å²) in [7, 11) is 0. The van der Waals surface area contributed by atoms with Crippen LogP contribution in [0.2, 0.25) is 0 Å². The van der Waals surface area contributed by atoms with E-state index in [1.807, 2.05) is 18.5 Å². The van der Waals surface area contributed by atoms with Crippen molar-refractivity contribution in [2.45, 2.75) is 31.7 Å². The largest absolute Gasteiger partial charge is 0.417 e. The number of alkyl halides is 1. The van der Waals surface area contributed by atoms with Crippen molar-refractivity contribution in [3.63, 3.8) is 0 Å². The van der Waals surface area contributed by atoms with Crippen molar-refractivity contribution in [2.75, 3.05) is 48.8 Å². The number of hydrogen-bond acceptors (Lipinski definition) is 12. The molecule has 3 aromatic heterocycles. The molecule has 0 spiro atoms. The van der Waals surface area contributed by atoms with Crippen LogP contribution >= 0.6 is 11.6 Å². The fourth-order valence-corrected chi connectivity index (χ4v) is 6.79. The molecule has 1 aliphatic heterocycles. The van der Waals surface area contributed by atoms with E-state index in [0.29, 0.717) is 51.9 Å². The molecule has 0 saturated carbocycles. The standard InChI is InChI=1S/C27H29N7O3.C10H8ClNO3/c35-27-31-24-6-5-20(15-25(24)37-27)23(32-36)7-8-33-9-11-34(12-10-33)22-16-28-26(29-17-22)30-21-13-18-3-1-2-4-19(18)14-21;11-4-3-8(13)6-1-2-7-9(5-6)15-10(14)12-7/h1-6,15-17,21,36H,7-14H2,(H,31,35)(H,28,29,30);1-2,5H,3-4H2,(H,12,14)/b32-23+;. The molecule has 4 N–H and O–H groups in total. The first-order valence-corrected chi connectivity index (χ1v) is 17.6. The van der Waals surface area contributed by atoms with E-state index < -0.39 is 11.5 Å². The highest BCUT2D eigenvalue weighted by Gasteiger charge is 2.22. The molecule has 0 radical (unpaired) electrons. The van der Waals surface area contributed by atoms with Gasteiger partial charge in [0.15, 0.2) is 16.9 Å². The molecule has 15 heteroatoms. The Hall–Kier alpha value is -5.73. The minimum Gasteiger partial charge on any atom is -0.411 e. The third-order valence-corrected chi connectivity index (χ3v) is 9.55. The number of nitrogens with zero attached hydrogens (tertiary/aromatic N) is 5. The molecule has 6 aromatic rings. The molecule has 0 amide bonds. The van der Waals surface area contributed by atoms with Gasteiger partial charge in [0.2, 0.25) is 5.95 Å². The number of carbonyl (C=O) groups excluding carboxylic acids is 1. The summed E-state index contributed by atoms with van der Waals surface area (Å²) >= 11 is 5.47. The summed E-state index contributed by atoms with van der Waals surface area (Å²) in [5, 5.41) is 16.6. The van der Waals surface area contributed by atoms with Gasteiger partial charge in [0.1, 0.15) is 0 Å². The Morgan fingerprint density at radius 3 is 2.06 bits per heavy atom. The molecular formula is C37H37ClN8O6. The van der Waals surface area contributed by atoms with Crippen molar-refractivity contribution in [1.82, 2.24) is 24.8 Å². The molecule has 0 unspecified atom stereocenters. The van der Waals surface area contributed by atoms with Gasteiger partial charge in [-0.25, -0.2) is 19.6 Å². The number of halogens is 1. The van der Waals surface area contributed by atoms with Crippen LogP contribution in [-0.2, 0) is 12.8 Å². The van der Waals surface area contributed by atoms with Gasteiger partial charge in [0, 0.05) is 68.6 Å². The van der Waals surface area contributed by atoms with Crippen molar-refractivity contribution in [3.8, 4) is 0 Å². The first kappa shape index (κ1) is 34.7. The fraction of sp³-hybridized carbons (Fsp3) is 0.297. The lowest BCUT2D eigenvalue weighted by molar-refractivity contribution is 0.0989. The lowest BCUT2D eigenvalue weighted by Gasteiger charge is -2.35. The number of H-pyrrole nitrogens is 2. The topological polar surface area (TPSA) is 186 Å². The Bertz CT molecular complexity index is 2300. The number of aromatic nitrogens is 4. The summed E-state index contributed by atoms with van der Waals surface area (Å²) in [5.74, 6) is -0.118. The maximum absolute atomic E-state index is 11.5. The van der Waals surface area contributed by atoms with E-state index >= 15 is 0 Å². The Balaban J connectivity index is 0.000000234. The van der Waals surface area contributed by atoms with E-state index in [9.17, 15) is 19.6 Å². The number of piperazine rings is 1. The number of nitrogens with one attached hydrogen (secondary N) is 3. The van der Waals surface area contributed by atoms with Crippen molar-refractivity contribution in [3.05, 3.63) is 116 Å². The highest BCUT2D eigenvalue weighted by molar-refractivity contribution is 6.19. The van der Waals surface area contributed by atoms with Crippen LogP contribution in [0.4, 0.5) is 11.6 Å². The van der Waals surface area contributed by atoms with E-state index in [-0.39, 0.29) is 18.1 Å². The zero-order chi connectivity index (χ0) is 36.0. The van der Waals surface area contributed by atoms with Crippen LogP contribution in [0.1, 0.15) is 39.9 Å². The number of hydrogen-bond donors (Lipinski definition) is 4. The minimum absolute atomic E-state index is 0.0595. The van der Waals surface area contributed by atoms with Crippen LogP contribution in [0.15, 0.2) is 96.6 Å². The number of oxazole rings is 2. The summed E-state index contributed by atoms with van der Waals surface area (Å²) < 4.78 is 9.97. The van der Waals surface area contributed by atoms with Crippen LogP contribution in [0.5, 0.6) is 0 Å². The molecule has 1 aliphatic carbocycles. The zero-order valence-electron chi connectivity index (χ0n) is 28.2. The number of aromatic amines is 2.